The number of aromatic nitrogens is 3. The van der Waals surface area contributed by atoms with Gasteiger partial charge in [-0.15, -0.1) is 5.10 Å². The molecule has 0 aliphatic carbocycles. The summed E-state index contributed by atoms with van der Waals surface area (Å²) in [4.78, 5) is 7.12. The third-order valence-corrected chi connectivity index (χ3v) is 5.12. The fourth-order valence-electron chi connectivity index (χ4n) is 3.71. The Morgan fingerprint density at radius 3 is 2.59 bits per heavy atom. The van der Waals surface area contributed by atoms with E-state index in [2.05, 4.69) is 55.7 Å². The molecule has 0 spiro atoms. The molecule has 3 aromatic rings. The van der Waals surface area contributed by atoms with Crippen molar-refractivity contribution in [3.05, 3.63) is 72.4 Å². The number of benzene rings is 2. The molecule has 1 aliphatic rings. The van der Waals surface area contributed by atoms with E-state index in [4.69, 9.17) is 0 Å². The lowest BCUT2D eigenvalue weighted by molar-refractivity contribution is 0.215. The summed E-state index contributed by atoms with van der Waals surface area (Å²) in [6.07, 6.45) is 4.23. The molecule has 0 bridgehead atoms. The lowest BCUT2D eigenvalue weighted by atomic mass is 9.91. The number of anilines is 1. The fourth-order valence-corrected chi connectivity index (χ4v) is 3.71. The van der Waals surface area contributed by atoms with Crippen LogP contribution in [0, 0.1) is 0 Å². The second-order valence-corrected chi connectivity index (χ2v) is 7.01. The molecule has 5 nitrogen and oxygen atoms in total. The minimum atomic E-state index is 0.591. The summed E-state index contributed by atoms with van der Waals surface area (Å²) in [7, 11) is 0. The minimum absolute atomic E-state index is 0.591. The highest BCUT2D eigenvalue weighted by Gasteiger charge is 2.20. The average Bonchev–Trinajstić information content (AvgIpc) is 2.75. The Bertz CT molecular complexity index is 838. The third-order valence-electron chi connectivity index (χ3n) is 5.12. The quantitative estimate of drug-likeness (QED) is 0.725. The minimum Gasteiger partial charge on any atom is -0.352 e. The smallest absolute Gasteiger partial charge is 0.243 e. The maximum absolute atomic E-state index is 4.58. The Morgan fingerprint density at radius 2 is 1.78 bits per heavy atom. The lowest BCUT2D eigenvalue weighted by Crippen LogP contribution is -2.37. The van der Waals surface area contributed by atoms with Crippen molar-refractivity contribution in [2.24, 2.45) is 0 Å². The van der Waals surface area contributed by atoms with Gasteiger partial charge in [0.25, 0.3) is 0 Å². The Morgan fingerprint density at radius 1 is 1.00 bits per heavy atom. The number of nitrogens with zero attached hydrogens (tertiary/aromatic N) is 4. The molecule has 1 aliphatic heterocycles. The van der Waals surface area contributed by atoms with Gasteiger partial charge in [-0.05, 0) is 30.9 Å². The van der Waals surface area contributed by atoms with E-state index in [9.17, 15) is 0 Å². The molecule has 1 N–H and O–H groups in total. The van der Waals surface area contributed by atoms with Gasteiger partial charge in [-0.1, -0.05) is 60.7 Å². The monoisotopic (exact) mass is 359 g/mol. The number of likely N-dealkylation sites (tertiary alicyclic amines) is 1. The van der Waals surface area contributed by atoms with E-state index in [1.54, 1.807) is 6.20 Å². The van der Waals surface area contributed by atoms with E-state index in [1.165, 1.54) is 18.4 Å². The molecule has 4 rings (SSSR count). The zero-order valence-corrected chi connectivity index (χ0v) is 15.5. The van der Waals surface area contributed by atoms with Gasteiger partial charge >= 0.3 is 0 Å². The van der Waals surface area contributed by atoms with Crippen LogP contribution in [-0.2, 0) is 0 Å². The molecule has 138 valence electrons. The molecule has 0 radical (unpaired) electrons. The molecule has 2 heterocycles. The van der Waals surface area contributed by atoms with Crippen LogP contribution in [0.2, 0.25) is 0 Å². The van der Waals surface area contributed by atoms with Crippen molar-refractivity contribution in [3.63, 3.8) is 0 Å². The summed E-state index contributed by atoms with van der Waals surface area (Å²) in [5, 5.41) is 11.5. The first-order valence-electron chi connectivity index (χ1n) is 9.65. The van der Waals surface area contributed by atoms with Crippen LogP contribution in [0.5, 0.6) is 0 Å². The summed E-state index contributed by atoms with van der Waals surface area (Å²) >= 11 is 0. The predicted molar refractivity (Wildman–Crippen MR) is 109 cm³/mol. The average molecular weight is 359 g/mol. The van der Waals surface area contributed by atoms with Crippen LogP contribution in [0.4, 0.5) is 5.95 Å². The number of hydrogen-bond donors (Lipinski definition) is 1. The third kappa shape index (κ3) is 4.68. The first-order valence-corrected chi connectivity index (χ1v) is 9.65. The molecule has 27 heavy (non-hydrogen) atoms. The Balaban J connectivity index is 1.31. The fraction of sp³-hybridized carbons (Fsp3) is 0.318. The van der Waals surface area contributed by atoms with Crippen molar-refractivity contribution in [1.29, 1.82) is 0 Å². The van der Waals surface area contributed by atoms with Gasteiger partial charge in [-0.25, -0.2) is 4.98 Å². The van der Waals surface area contributed by atoms with Crippen molar-refractivity contribution in [2.45, 2.75) is 18.8 Å². The zero-order valence-electron chi connectivity index (χ0n) is 15.5. The highest BCUT2D eigenvalue weighted by molar-refractivity contribution is 5.58. The van der Waals surface area contributed by atoms with E-state index in [0.29, 0.717) is 11.9 Å². The Hall–Kier alpha value is -2.79. The number of hydrogen-bond acceptors (Lipinski definition) is 5. The first kappa shape index (κ1) is 17.6. The van der Waals surface area contributed by atoms with Gasteiger partial charge in [0.1, 0.15) is 0 Å². The van der Waals surface area contributed by atoms with Crippen molar-refractivity contribution in [2.75, 3.05) is 31.5 Å². The van der Waals surface area contributed by atoms with Gasteiger partial charge in [-0.3, -0.25) is 0 Å². The van der Waals surface area contributed by atoms with Gasteiger partial charge in [0, 0.05) is 25.2 Å². The molecule has 1 fully saturated rings. The first-order chi connectivity index (χ1) is 13.4. The normalized spacial score (nSPS) is 17.6. The lowest BCUT2D eigenvalue weighted by Gasteiger charge is -2.33. The van der Waals surface area contributed by atoms with Gasteiger partial charge in [0.15, 0.2) is 0 Å². The van der Waals surface area contributed by atoms with Gasteiger partial charge < -0.3 is 10.2 Å². The molecule has 1 aromatic heterocycles. The van der Waals surface area contributed by atoms with E-state index in [0.717, 1.165) is 37.4 Å². The second-order valence-electron chi connectivity index (χ2n) is 7.01. The van der Waals surface area contributed by atoms with Crippen LogP contribution in [0.15, 0.2) is 66.9 Å². The van der Waals surface area contributed by atoms with Crippen molar-refractivity contribution < 1.29 is 0 Å². The molecule has 0 unspecified atom stereocenters. The zero-order chi connectivity index (χ0) is 18.3. The molecular formula is C22H25N5. The summed E-state index contributed by atoms with van der Waals surface area (Å²) in [5.74, 6) is 1.23. The van der Waals surface area contributed by atoms with Crippen molar-refractivity contribution >= 4 is 5.95 Å². The van der Waals surface area contributed by atoms with Crippen LogP contribution in [0.25, 0.3) is 11.3 Å². The molecular weight excluding hydrogens is 334 g/mol. The molecule has 1 atom stereocenters. The maximum Gasteiger partial charge on any atom is 0.243 e. The predicted octanol–water partition coefficient (Wildman–Crippen LogP) is 3.83. The maximum atomic E-state index is 4.58. The standard InChI is InChI=1S/C22H25N5/c1-3-8-18(9-4-1)20-12-7-14-27(17-20)15-13-23-22-25-21(16-24-26-22)19-10-5-2-6-11-19/h1-6,8-11,16,20H,7,12-15,17H2,(H,23,25,26)/t20-/m0/s1. The van der Waals surface area contributed by atoms with E-state index < -0.39 is 0 Å². The van der Waals surface area contributed by atoms with Gasteiger partial charge in [0.2, 0.25) is 5.95 Å². The summed E-state index contributed by atoms with van der Waals surface area (Å²) in [6, 6.07) is 20.9. The summed E-state index contributed by atoms with van der Waals surface area (Å²) in [5.41, 5.74) is 3.35. The molecule has 5 heteroatoms. The highest BCUT2D eigenvalue weighted by Crippen LogP contribution is 2.26. The van der Waals surface area contributed by atoms with Gasteiger partial charge in [0.05, 0.1) is 11.9 Å². The second kappa shape index (κ2) is 8.73. The Labute approximate surface area is 160 Å². The molecule has 2 aromatic carbocycles. The Kier molecular flexibility index (Phi) is 5.70. The van der Waals surface area contributed by atoms with E-state index >= 15 is 0 Å². The number of rotatable bonds is 6. The van der Waals surface area contributed by atoms with E-state index in [-0.39, 0.29) is 0 Å². The van der Waals surface area contributed by atoms with E-state index in [1.807, 2.05) is 30.3 Å². The number of nitrogens with one attached hydrogen (secondary N) is 1. The van der Waals surface area contributed by atoms with Crippen molar-refractivity contribution in [3.8, 4) is 11.3 Å². The topological polar surface area (TPSA) is 53.9 Å². The van der Waals surface area contributed by atoms with Crippen LogP contribution in [0.1, 0.15) is 24.3 Å². The molecule has 0 amide bonds. The summed E-state index contributed by atoms with van der Waals surface area (Å²) in [6.45, 7) is 4.09. The van der Waals surface area contributed by atoms with Crippen LogP contribution < -0.4 is 5.32 Å². The molecule has 0 saturated carbocycles. The summed E-state index contributed by atoms with van der Waals surface area (Å²) < 4.78 is 0. The van der Waals surface area contributed by atoms with Crippen molar-refractivity contribution in [1.82, 2.24) is 20.1 Å². The van der Waals surface area contributed by atoms with Crippen LogP contribution in [0.3, 0.4) is 0 Å². The number of piperidine rings is 1. The van der Waals surface area contributed by atoms with Gasteiger partial charge in [-0.2, -0.15) is 5.10 Å². The van der Waals surface area contributed by atoms with Crippen LogP contribution in [-0.4, -0.2) is 46.3 Å². The largest absolute Gasteiger partial charge is 0.352 e. The SMILES string of the molecule is c1ccc(-c2cnnc(NCCN3CCC[C@H](c4ccccc4)C3)n2)cc1. The van der Waals surface area contributed by atoms with Crippen LogP contribution >= 0.6 is 0 Å². The highest BCUT2D eigenvalue weighted by atomic mass is 15.2. The molecule has 1 saturated heterocycles.